The number of nitrogens with one attached hydrogen (secondary N) is 2. The molecule has 3 aromatic rings. The fourth-order valence-electron chi connectivity index (χ4n) is 3.92. The van der Waals surface area contributed by atoms with Crippen LogP contribution in [0.1, 0.15) is 34.2 Å². The number of nitrogens with zero attached hydrogens (tertiary/aromatic N) is 2. The lowest BCUT2D eigenvalue weighted by Crippen LogP contribution is -2.32. The molecule has 0 bridgehead atoms. The molecule has 3 heterocycles. The van der Waals surface area contributed by atoms with Crippen molar-refractivity contribution in [3.63, 3.8) is 0 Å². The van der Waals surface area contributed by atoms with Gasteiger partial charge in [0.05, 0.1) is 12.5 Å². The number of carbonyl (C=O) groups is 3. The highest BCUT2D eigenvalue weighted by atomic mass is 16.5. The third-order valence-electron chi connectivity index (χ3n) is 5.82. The van der Waals surface area contributed by atoms with E-state index in [-0.39, 0.29) is 49.0 Å². The van der Waals surface area contributed by atoms with Gasteiger partial charge in [-0.05, 0) is 43.3 Å². The van der Waals surface area contributed by atoms with Crippen LogP contribution < -0.4 is 10.6 Å². The van der Waals surface area contributed by atoms with Gasteiger partial charge in [0.1, 0.15) is 23.8 Å². The number of amides is 3. The molecular weight excluding hydrogens is 464 g/mol. The summed E-state index contributed by atoms with van der Waals surface area (Å²) in [6.45, 7) is 6.73. The smallest absolute Gasteiger partial charge is 0.291 e. The van der Waals surface area contributed by atoms with Crippen molar-refractivity contribution < 1.29 is 28.0 Å². The van der Waals surface area contributed by atoms with Crippen LogP contribution >= 0.6 is 0 Å². The van der Waals surface area contributed by atoms with E-state index in [0.29, 0.717) is 41.9 Å². The Morgan fingerprint density at radius 3 is 2.72 bits per heavy atom. The van der Waals surface area contributed by atoms with E-state index in [2.05, 4.69) is 22.2 Å². The van der Waals surface area contributed by atoms with Gasteiger partial charge in [-0.25, -0.2) is 4.98 Å². The van der Waals surface area contributed by atoms with Crippen molar-refractivity contribution in [1.82, 2.24) is 15.2 Å². The molecule has 0 unspecified atom stereocenters. The summed E-state index contributed by atoms with van der Waals surface area (Å²) in [5.41, 5.74) is 1.91. The highest BCUT2D eigenvalue weighted by Gasteiger charge is 2.33. The first-order valence-corrected chi connectivity index (χ1v) is 11.5. The summed E-state index contributed by atoms with van der Waals surface area (Å²) in [6.07, 6.45) is 1.84. The van der Waals surface area contributed by atoms with E-state index in [1.54, 1.807) is 61.4 Å². The quantitative estimate of drug-likeness (QED) is 0.416. The second-order valence-electron chi connectivity index (χ2n) is 8.46. The molecule has 2 N–H and O–H groups in total. The maximum absolute atomic E-state index is 12.5. The molecule has 10 heteroatoms. The Labute approximate surface area is 208 Å². The number of aryl methyl sites for hydroxylation is 1. The molecule has 0 spiro atoms. The molecule has 1 aliphatic heterocycles. The molecule has 0 saturated carbocycles. The minimum atomic E-state index is -0.389. The molecule has 0 radical (unpaired) electrons. The number of carbonyl (C=O) groups excluding carboxylic acids is 3. The summed E-state index contributed by atoms with van der Waals surface area (Å²) < 4.78 is 16.2. The summed E-state index contributed by atoms with van der Waals surface area (Å²) in [7, 11) is 1.55. The summed E-state index contributed by atoms with van der Waals surface area (Å²) in [5.74, 6) is 0.749. The molecule has 1 saturated heterocycles. The Hall–Kier alpha value is -4.18. The summed E-state index contributed by atoms with van der Waals surface area (Å²) in [4.78, 5) is 43.0. The number of aromatic nitrogens is 1. The van der Waals surface area contributed by atoms with Crippen LogP contribution in [0.5, 0.6) is 0 Å². The van der Waals surface area contributed by atoms with Gasteiger partial charge in [-0.2, -0.15) is 0 Å². The van der Waals surface area contributed by atoms with Crippen molar-refractivity contribution in [3.8, 4) is 11.5 Å². The average molecular weight is 493 g/mol. The van der Waals surface area contributed by atoms with Crippen LogP contribution in [-0.2, 0) is 27.5 Å². The van der Waals surface area contributed by atoms with Gasteiger partial charge in [-0.15, -0.1) is 6.58 Å². The van der Waals surface area contributed by atoms with E-state index in [9.17, 15) is 14.4 Å². The van der Waals surface area contributed by atoms with Crippen LogP contribution in [0, 0.1) is 12.8 Å². The van der Waals surface area contributed by atoms with E-state index in [1.807, 2.05) is 0 Å². The third kappa shape index (κ3) is 5.72. The van der Waals surface area contributed by atoms with Gasteiger partial charge in [0, 0.05) is 37.9 Å². The summed E-state index contributed by atoms with van der Waals surface area (Å²) >= 11 is 0. The predicted molar refractivity (Wildman–Crippen MR) is 131 cm³/mol. The molecule has 36 heavy (non-hydrogen) atoms. The molecular formula is C26H28N4O6. The minimum absolute atomic E-state index is 0.0467. The maximum Gasteiger partial charge on any atom is 0.291 e. The van der Waals surface area contributed by atoms with Crippen molar-refractivity contribution in [2.24, 2.45) is 5.92 Å². The van der Waals surface area contributed by atoms with Crippen LogP contribution in [0.4, 0.5) is 5.69 Å². The number of hydrogen-bond donors (Lipinski definition) is 2. The molecule has 10 nitrogen and oxygen atoms in total. The SMILES string of the molecule is C=CCN1C[C@@H](C(=O)NCc2nc(-c3ccc(NC(=O)c4ccc(COC)o4)cc3)oc2C)CC1=O. The second-order valence-corrected chi connectivity index (χ2v) is 8.46. The molecule has 1 aromatic carbocycles. The van der Waals surface area contributed by atoms with Crippen molar-refractivity contribution in [3.05, 3.63) is 72.0 Å². The number of furan rings is 1. The topological polar surface area (TPSA) is 127 Å². The predicted octanol–water partition coefficient (Wildman–Crippen LogP) is 3.29. The van der Waals surface area contributed by atoms with E-state index in [1.165, 1.54) is 0 Å². The van der Waals surface area contributed by atoms with Crippen LogP contribution in [0.25, 0.3) is 11.5 Å². The van der Waals surface area contributed by atoms with E-state index >= 15 is 0 Å². The monoisotopic (exact) mass is 492 g/mol. The zero-order valence-electron chi connectivity index (χ0n) is 20.2. The minimum Gasteiger partial charge on any atom is -0.453 e. The van der Waals surface area contributed by atoms with Gasteiger partial charge in [0.2, 0.25) is 17.7 Å². The van der Waals surface area contributed by atoms with Gasteiger partial charge >= 0.3 is 0 Å². The molecule has 1 fully saturated rings. The molecule has 0 aliphatic carbocycles. The van der Waals surface area contributed by atoms with Crippen molar-refractivity contribution in [2.75, 3.05) is 25.5 Å². The number of oxazole rings is 1. The first-order valence-electron chi connectivity index (χ1n) is 11.5. The Morgan fingerprint density at radius 2 is 2.00 bits per heavy atom. The number of rotatable bonds is 10. The number of hydrogen-bond acceptors (Lipinski definition) is 7. The van der Waals surface area contributed by atoms with E-state index in [0.717, 1.165) is 5.56 Å². The Balaban J connectivity index is 1.34. The number of benzene rings is 1. The fourth-order valence-corrected chi connectivity index (χ4v) is 3.92. The number of ether oxygens (including phenoxy) is 1. The van der Waals surface area contributed by atoms with Crippen molar-refractivity contribution >= 4 is 23.4 Å². The van der Waals surface area contributed by atoms with Gasteiger partial charge in [0.25, 0.3) is 5.91 Å². The third-order valence-corrected chi connectivity index (χ3v) is 5.82. The molecule has 1 aliphatic rings. The molecule has 2 aromatic heterocycles. The van der Waals surface area contributed by atoms with Gasteiger partial charge in [0.15, 0.2) is 5.76 Å². The van der Waals surface area contributed by atoms with Crippen LogP contribution in [0.2, 0.25) is 0 Å². The van der Waals surface area contributed by atoms with Crippen molar-refractivity contribution in [2.45, 2.75) is 26.5 Å². The van der Waals surface area contributed by atoms with Gasteiger partial charge in [-0.1, -0.05) is 6.08 Å². The first-order chi connectivity index (χ1) is 17.4. The largest absolute Gasteiger partial charge is 0.453 e. The van der Waals surface area contributed by atoms with Crippen LogP contribution in [-0.4, -0.2) is 47.8 Å². The normalized spacial score (nSPS) is 15.2. The Morgan fingerprint density at radius 1 is 1.22 bits per heavy atom. The van der Waals surface area contributed by atoms with Crippen molar-refractivity contribution in [1.29, 1.82) is 0 Å². The fraction of sp³-hybridized carbons (Fsp3) is 0.308. The zero-order valence-corrected chi connectivity index (χ0v) is 20.2. The molecule has 3 amide bonds. The lowest BCUT2D eigenvalue weighted by molar-refractivity contribution is -0.128. The Bertz CT molecular complexity index is 1260. The second kappa shape index (κ2) is 11.0. The number of methoxy groups -OCH3 is 1. The highest BCUT2D eigenvalue weighted by Crippen LogP contribution is 2.24. The summed E-state index contributed by atoms with van der Waals surface area (Å²) in [5, 5.41) is 5.63. The molecule has 188 valence electrons. The zero-order chi connectivity index (χ0) is 25.7. The van der Waals surface area contributed by atoms with Gasteiger partial charge in [-0.3, -0.25) is 14.4 Å². The number of anilines is 1. The highest BCUT2D eigenvalue weighted by molar-refractivity contribution is 6.02. The van der Waals surface area contributed by atoms with E-state index < -0.39 is 0 Å². The maximum atomic E-state index is 12.5. The summed E-state index contributed by atoms with van der Waals surface area (Å²) in [6, 6.07) is 10.3. The lowest BCUT2D eigenvalue weighted by atomic mass is 10.1. The average Bonchev–Trinajstić information content (AvgIpc) is 3.58. The molecule has 1 atom stereocenters. The first kappa shape index (κ1) is 24.9. The van der Waals surface area contributed by atoms with Gasteiger partial charge < -0.3 is 29.1 Å². The Kier molecular flexibility index (Phi) is 7.65. The van der Waals surface area contributed by atoms with Crippen LogP contribution in [0.3, 0.4) is 0 Å². The van der Waals surface area contributed by atoms with Crippen LogP contribution in [0.15, 0.2) is 57.9 Å². The standard InChI is InChI=1S/C26H28N4O6/c1-4-11-30-14-18(12-23(30)31)24(32)27-13-21-16(2)35-26(29-21)17-5-7-19(8-6-17)28-25(33)22-10-9-20(36-22)15-34-3/h4-10,18H,1,11-15H2,2-3H3,(H,27,32)(H,28,33)/t18-/m0/s1. The lowest BCUT2D eigenvalue weighted by Gasteiger charge is -2.13. The van der Waals surface area contributed by atoms with E-state index in [4.69, 9.17) is 13.6 Å². The number of likely N-dealkylation sites (tertiary alicyclic amines) is 1. The molecule has 4 rings (SSSR count).